The van der Waals surface area contributed by atoms with Gasteiger partial charge in [0, 0.05) is 12.3 Å². The molecule has 1 rings (SSSR count). The lowest BCUT2D eigenvalue weighted by atomic mass is 10.2. The van der Waals surface area contributed by atoms with Gasteiger partial charge in [-0.2, -0.15) is 0 Å². The van der Waals surface area contributed by atoms with Crippen molar-refractivity contribution in [2.45, 2.75) is 19.9 Å². The van der Waals surface area contributed by atoms with Gasteiger partial charge in [-0.15, -0.1) is 0 Å². The smallest absolute Gasteiger partial charge is 0.151 e. The van der Waals surface area contributed by atoms with Crippen LogP contribution < -0.4 is 5.32 Å². The highest BCUT2D eigenvalue weighted by atomic mass is 79.9. The molecule has 1 unspecified atom stereocenters. The second kappa shape index (κ2) is 5.84. The first-order valence-electron chi connectivity index (χ1n) is 5.13. The van der Waals surface area contributed by atoms with Crippen LogP contribution in [0.2, 0.25) is 0 Å². The Balaban J connectivity index is 2.43. The summed E-state index contributed by atoms with van der Waals surface area (Å²) in [5, 5.41) is 3.11. The first kappa shape index (κ1) is 13.7. The maximum absolute atomic E-state index is 11.3. The zero-order chi connectivity index (χ0) is 12.2. The van der Waals surface area contributed by atoms with Crippen LogP contribution in [-0.2, 0) is 9.84 Å². The van der Waals surface area contributed by atoms with E-state index in [1.54, 1.807) is 13.2 Å². The van der Waals surface area contributed by atoms with Crippen molar-refractivity contribution in [3.05, 3.63) is 22.6 Å². The summed E-state index contributed by atoms with van der Waals surface area (Å²) >= 11 is 3.36. The molecule has 92 valence electrons. The van der Waals surface area contributed by atoms with Gasteiger partial charge in [-0.3, -0.25) is 0 Å². The highest BCUT2D eigenvalue weighted by Gasteiger charge is 2.13. The number of halogens is 1. The van der Waals surface area contributed by atoms with Crippen LogP contribution >= 0.6 is 15.9 Å². The average molecular weight is 310 g/mol. The molecule has 1 aromatic heterocycles. The molecule has 0 aliphatic heterocycles. The lowest BCUT2D eigenvalue weighted by Gasteiger charge is -2.11. The van der Waals surface area contributed by atoms with Crippen molar-refractivity contribution in [2.75, 3.05) is 18.1 Å². The Kier molecular flexibility index (Phi) is 5.01. The molecule has 16 heavy (non-hydrogen) atoms. The van der Waals surface area contributed by atoms with Crippen molar-refractivity contribution in [1.29, 1.82) is 0 Å². The van der Waals surface area contributed by atoms with Crippen LogP contribution in [-0.4, -0.2) is 26.5 Å². The highest BCUT2D eigenvalue weighted by molar-refractivity contribution is 9.10. The minimum Gasteiger partial charge on any atom is -0.466 e. The van der Waals surface area contributed by atoms with E-state index in [2.05, 4.69) is 21.2 Å². The summed E-state index contributed by atoms with van der Waals surface area (Å²) in [6, 6.07) is 1.81. The van der Waals surface area contributed by atoms with E-state index >= 15 is 0 Å². The average Bonchev–Trinajstić information content (AvgIpc) is 2.64. The Morgan fingerprint density at radius 3 is 2.75 bits per heavy atom. The van der Waals surface area contributed by atoms with E-state index in [-0.39, 0.29) is 17.5 Å². The molecule has 0 aliphatic carbocycles. The van der Waals surface area contributed by atoms with E-state index in [9.17, 15) is 8.42 Å². The van der Waals surface area contributed by atoms with Gasteiger partial charge in [0.15, 0.2) is 9.84 Å². The summed E-state index contributed by atoms with van der Waals surface area (Å²) in [6.45, 7) is 4.02. The molecule has 4 nitrogen and oxygen atoms in total. The Bertz CT molecular complexity index is 427. The molecule has 1 heterocycles. The van der Waals surface area contributed by atoms with Gasteiger partial charge >= 0.3 is 0 Å². The van der Waals surface area contributed by atoms with Crippen LogP contribution in [0.4, 0.5) is 0 Å². The summed E-state index contributed by atoms with van der Waals surface area (Å²) in [7, 11) is -2.90. The van der Waals surface area contributed by atoms with Crippen molar-refractivity contribution in [1.82, 2.24) is 5.32 Å². The van der Waals surface area contributed by atoms with Crippen molar-refractivity contribution in [3.8, 4) is 0 Å². The van der Waals surface area contributed by atoms with E-state index in [0.29, 0.717) is 6.54 Å². The molecule has 0 aliphatic rings. The molecule has 0 saturated carbocycles. The SMILES string of the molecule is CCS(=O)(=O)CCNC(C)c1occc1Br. The number of sulfone groups is 1. The molecule has 0 saturated heterocycles. The second-order valence-electron chi connectivity index (χ2n) is 3.54. The summed E-state index contributed by atoms with van der Waals surface area (Å²) in [4.78, 5) is 0. The maximum atomic E-state index is 11.3. The van der Waals surface area contributed by atoms with Crippen molar-refractivity contribution in [3.63, 3.8) is 0 Å². The third kappa shape index (κ3) is 3.92. The van der Waals surface area contributed by atoms with Crippen molar-refractivity contribution in [2.24, 2.45) is 0 Å². The zero-order valence-corrected chi connectivity index (χ0v) is 11.8. The molecule has 6 heteroatoms. The van der Waals surface area contributed by atoms with Gasteiger partial charge in [0.1, 0.15) is 5.76 Å². The van der Waals surface area contributed by atoms with Gasteiger partial charge in [-0.25, -0.2) is 8.42 Å². The molecule has 0 aromatic carbocycles. The number of furan rings is 1. The highest BCUT2D eigenvalue weighted by Crippen LogP contribution is 2.23. The summed E-state index contributed by atoms with van der Waals surface area (Å²) in [5.41, 5.74) is 0. The minimum absolute atomic E-state index is 0.00330. The van der Waals surface area contributed by atoms with Crippen LogP contribution in [0, 0.1) is 0 Å². The van der Waals surface area contributed by atoms with Crippen LogP contribution in [0.5, 0.6) is 0 Å². The van der Waals surface area contributed by atoms with Crippen molar-refractivity contribution < 1.29 is 12.8 Å². The topological polar surface area (TPSA) is 59.3 Å². The molecular weight excluding hydrogens is 294 g/mol. The number of rotatable bonds is 6. The Morgan fingerprint density at radius 1 is 1.56 bits per heavy atom. The van der Waals surface area contributed by atoms with E-state index in [0.717, 1.165) is 10.2 Å². The molecule has 1 atom stereocenters. The third-order valence-electron chi connectivity index (χ3n) is 2.34. The first-order chi connectivity index (χ1) is 7.46. The standard InChI is InChI=1S/C10H16BrNO3S/c1-3-16(13,14)7-5-12-8(2)10-9(11)4-6-15-10/h4,6,8,12H,3,5,7H2,1-2H3. The maximum Gasteiger partial charge on any atom is 0.151 e. The lowest BCUT2D eigenvalue weighted by Crippen LogP contribution is -2.26. The summed E-state index contributed by atoms with van der Waals surface area (Å²) in [6.07, 6.45) is 1.60. The lowest BCUT2D eigenvalue weighted by molar-refractivity contribution is 0.434. The Labute approximate surface area is 104 Å². The predicted molar refractivity (Wildman–Crippen MR) is 67.2 cm³/mol. The van der Waals surface area contributed by atoms with Crippen molar-refractivity contribution >= 4 is 25.8 Å². The molecule has 1 N–H and O–H groups in total. The molecule has 0 fully saturated rings. The van der Waals surface area contributed by atoms with Gasteiger partial charge in [0.05, 0.1) is 22.5 Å². The Morgan fingerprint density at radius 2 is 2.25 bits per heavy atom. The summed E-state index contributed by atoms with van der Waals surface area (Å²) < 4.78 is 28.7. The fourth-order valence-electron chi connectivity index (χ4n) is 1.28. The van der Waals surface area contributed by atoms with Gasteiger partial charge < -0.3 is 9.73 Å². The monoisotopic (exact) mass is 309 g/mol. The van der Waals surface area contributed by atoms with Crippen LogP contribution in [0.15, 0.2) is 21.2 Å². The number of hydrogen-bond acceptors (Lipinski definition) is 4. The number of nitrogens with one attached hydrogen (secondary N) is 1. The molecular formula is C10H16BrNO3S. The molecule has 1 aromatic rings. The van der Waals surface area contributed by atoms with E-state index in [1.165, 1.54) is 0 Å². The fourth-order valence-corrected chi connectivity index (χ4v) is 2.54. The Hall–Kier alpha value is -0.330. The minimum atomic E-state index is -2.90. The molecule has 0 amide bonds. The quantitative estimate of drug-likeness (QED) is 0.874. The van der Waals surface area contributed by atoms with Gasteiger partial charge in [0.2, 0.25) is 0 Å². The van der Waals surface area contributed by atoms with E-state index < -0.39 is 9.84 Å². The predicted octanol–water partition coefficient (Wildman–Crippen LogP) is 2.13. The van der Waals surface area contributed by atoms with Gasteiger partial charge in [0.25, 0.3) is 0 Å². The van der Waals surface area contributed by atoms with E-state index in [1.807, 2.05) is 13.0 Å². The molecule has 0 radical (unpaired) electrons. The zero-order valence-electron chi connectivity index (χ0n) is 9.36. The first-order valence-corrected chi connectivity index (χ1v) is 7.74. The largest absolute Gasteiger partial charge is 0.466 e. The fraction of sp³-hybridized carbons (Fsp3) is 0.600. The van der Waals surface area contributed by atoms with Crippen LogP contribution in [0.1, 0.15) is 25.6 Å². The normalized spacial score (nSPS) is 13.9. The van der Waals surface area contributed by atoms with Crippen LogP contribution in [0.25, 0.3) is 0 Å². The second-order valence-corrected chi connectivity index (χ2v) is 6.87. The molecule has 0 spiro atoms. The third-order valence-corrected chi connectivity index (χ3v) is 4.70. The number of hydrogen-bond donors (Lipinski definition) is 1. The van der Waals surface area contributed by atoms with Gasteiger partial charge in [-0.1, -0.05) is 6.92 Å². The van der Waals surface area contributed by atoms with Crippen LogP contribution in [0.3, 0.4) is 0 Å². The van der Waals surface area contributed by atoms with E-state index in [4.69, 9.17) is 4.42 Å². The van der Waals surface area contributed by atoms with Gasteiger partial charge in [-0.05, 0) is 28.9 Å². The molecule has 0 bridgehead atoms. The summed E-state index contributed by atoms with van der Waals surface area (Å²) in [5.74, 6) is 1.13.